The van der Waals surface area contributed by atoms with E-state index in [1.54, 1.807) is 13.0 Å². The maximum Gasteiger partial charge on any atom is 0.268 e. The third kappa shape index (κ3) is 3.01. The Morgan fingerprint density at radius 3 is 1.92 bits per heavy atom. The van der Waals surface area contributed by atoms with E-state index in [1.165, 1.54) is 0 Å². The Kier molecular flexibility index (Phi) is 4.38. The molecule has 0 atom stereocenters. The van der Waals surface area contributed by atoms with Crippen LogP contribution in [0.3, 0.4) is 0 Å². The van der Waals surface area contributed by atoms with Crippen molar-refractivity contribution in [2.45, 2.75) is 34.6 Å². The minimum Gasteiger partial charge on any atom is -0.258 e. The lowest BCUT2D eigenvalue weighted by atomic mass is 9.95. The zero-order chi connectivity index (χ0) is 10.6. The summed E-state index contributed by atoms with van der Waals surface area (Å²) in [6.45, 7) is 9.44. The van der Waals surface area contributed by atoms with Gasteiger partial charge in [0.05, 0.1) is 4.92 Å². The van der Waals surface area contributed by atoms with Crippen LogP contribution in [0, 0.1) is 16.0 Å². The first kappa shape index (κ1) is 11.9. The minimum atomic E-state index is -0.317. The van der Waals surface area contributed by atoms with Gasteiger partial charge in [0.2, 0.25) is 0 Å². The van der Waals surface area contributed by atoms with E-state index < -0.39 is 0 Å². The molecule has 13 heavy (non-hydrogen) atoms. The standard InChI is InChI=1S/C10H17NO2/c1-6-9(11(12)13)10(7(2)3)8(4)5/h6-7H,1-5H3/b9-6+. The maximum absolute atomic E-state index is 10.7. The van der Waals surface area contributed by atoms with Crippen molar-refractivity contribution in [1.29, 1.82) is 0 Å². The van der Waals surface area contributed by atoms with Gasteiger partial charge in [0.15, 0.2) is 0 Å². The summed E-state index contributed by atoms with van der Waals surface area (Å²) >= 11 is 0. The monoisotopic (exact) mass is 183 g/mol. The van der Waals surface area contributed by atoms with E-state index in [0.29, 0.717) is 0 Å². The highest BCUT2D eigenvalue weighted by Crippen LogP contribution is 2.23. The number of hydrogen-bond donors (Lipinski definition) is 0. The zero-order valence-electron chi connectivity index (χ0n) is 8.92. The average molecular weight is 183 g/mol. The fourth-order valence-electron chi connectivity index (χ4n) is 1.49. The lowest BCUT2D eigenvalue weighted by Crippen LogP contribution is -2.08. The van der Waals surface area contributed by atoms with Crippen LogP contribution in [0.2, 0.25) is 0 Å². The van der Waals surface area contributed by atoms with Crippen LogP contribution in [-0.4, -0.2) is 4.92 Å². The third-order valence-corrected chi connectivity index (χ3v) is 1.86. The summed E-state index contributed by atoms with van der Waals surface area (Å²) in [6.07, 6.45) is 1.56. The van der Waals surface area contributed by atoms with Gasteiger partial charge in [-0.3, -0.25) is 10.1 Å². The molecule has 3 heteroatoms. The number of allylic oxidation sites excluding steroid dienone is 3. The summed E-state index contributed by atoms with van der Waals surface area (Å²) < 4.78 is 0. The molecule has 0 heterocycles. The van der Waals surface area contributed by atoms with E-state index in [-0.39, 0.29) is 16.5 Å². The Morgan fingerprint density at radius 2 is 1.85 bits per heavy atom. The topological polar surface area (TPSA) is 43.1 Å². The van der Waals surface area contributed by atoms with Gasteiger partial charge in [-0.2, -0.15) is 0 Å². The van der Waals surface area contributed by atoms with Gasteiger partial charge >= 0.3 is 0 Å². The van der Waals surface area contributed by atoms with Crippen LogP contribution >= 0.6 is 0 Å². The summed E-state index contributed by atoms with van der Waals surface area (Å²) in [5, 5.41) is 10.7. The van der Waals surface area contributed by atoms with E-state index in [9.17, 15) is 10.1 Å². The predicted molar refractivity (Wildman–Crippen MR) is 54.0 cm³/mol. The Bertz CT molecular complexity index is 258. The van der Waals surface area contributed by atoms with Crippen molar-refractivity contribution in [2.24, 2.45) is 5.92 Å². The summed E-state index contributed by atoms with van der Waals surface area (Å²) in [5.41, 5.74) is 2.09. The smallest absolute Gasteiger partial charge is 0.258 e. The quantitative estimate of drug-likeness (QED) is 0.383. The van der Waals surface area contributed by atoms with Crippen molar-refractivity contribution in [3.8, 4) is 0 Å². The Labute approximate surface area is 79.3 Å². The molecule has 0 aromatic rings. The first-order valence-electron chi connectivity index (χ1n) is 4.40. The van der Waals surface area contributed by atoms with Gasteiger partial charge in [0, 0.05) is 5.57 Å². The number of nitro groups is 1. The second kappa shape index (κ2) is 4.80. The van der Waals surface area contributed by atoms with Crippen molar-refractivity contribution in [3.63, 3.8) is 0 Å². The van der Waals surface area contributed by atoms with Crippen LogP contribution in [0.25, 0.3) is 0 Å². The molecule has 0 spiro atoms. The third-order valence-electron chi connectivity index (χ3n) is 1.86. The first-order chi connectivity index (χ1) is 5.91. The molecule has 0 N–H and O–H groups in total. The summed E-state index contributed by atoms with van der Waals surface area (Å²) in [7, 11) is 0. The minimum absolute atomic E-state index is 0.196. The highest BCUT2D eigenvalue weighted by molar-refractivity contribution is 5.30. The molecular formula is C10H17NO2. The van der Waals surface area contributed by atoms with E-state index in [0.717, 1.165) is 11.1 Å². The zero-order valence-corrected chi connectivity index (χ0v) is 8.92. The first-order valence-corrected chi connectivity index (χ1v) is 4.40. The fourth-order valence-corrected chi connectivity index (χ4v) is 1.49. The van der Waals surface area contributed by atoms with Crippen LogP contribution in [0.1, 0.15) is 34.6 Å². The van der Waals surface area contributed by atoms with E-state index in [4.69, 9.17) is 0 Å². The number of hydrogen-bond acceptors (Lipinski definition) is 2. The highest BCUT2D eigenvalue weighted by atomic mass is 16.6. The molecule has 0 saturated carbocycles. The van der Waals surface area contributed by atoms with Crippen LogP contribution in [0.15, 0.2) is 22.9 Å². The number of rotatable bonds is 3. The maximum atomic E-state index is 10.7. The van der Waals surface area contributed by atoms with Crippen molar-refractivity contribution in [3.05, 3.63) is 33.0 Å². The molecule has 0 rings (SSSR count). The van der Waals surface area contributed by atoms with Crippen LogP contribution in [0.4, 0.5) is 0 Å². The summed E-state index contributed by atoms with van der Waals surface area (Å²) in [5.74, 6) is 0.196. The van der Waals surface area contributed by atoms with Gasteiger partial charge in [-0.25, -0.2) is 0 Å². The van der Waals surface area contributed by atoms with E-state index in [1.807, 2.05) is 27.7 Å². The normalized spacial score (nSPS) is 11.7. The molecule has 0 aliphatic heterocycles. The lowest BCUT2D eigenvalue weighted by Gasteiger charge is -2.10. The molecule has 0 bridgehead atoms. The molecule has 0 aromatic heterocycles. The Hall–Kier alpha value is -1.12. The van der Waals surface area contributed by atoms with E-state index >= 15 is 0 Å². The lowest BCUT2D eigenvalue weighted by molar-refractivity contribution is -0.421. The van der Waals surface area contributed by atoms with Crippen molar-refractivity contribution >= 4 is 0 Å². The second-order valence-corrected chi connectivity index (χ2v) is 3.50. The van der Waals surface area contributed by atoms with Crippen LogP contribution < -0.4 is 0 Å². The molecule has 0 amide bonds. The van der Waals surface area contributed by atoms with Crippen LogP contribution in [0.5, 0.6) is 0 Å². The van der Waals surface area contributed by atoms with Gasteiger partial charge in [0.25, 0.3) is 5.70 Å². The van der Waals surface area contributed by atoms with Gasteiger partial charge in [-0.1, -0.05) is 19.4 Å². The van der Waals surface area contributed by atoms with Crippen molar-refractivity contribution in [2.75, 3.05) is 0 Å². The number of nitrogens with zero attached hydrogens (tertiary/aromatic N) is 1. The van der Waals surface area contributed by atoms with Crippen LogP contribution in [-0.2, 0) is 0 Å². The van der Waals surface area contributed by atoms with Crippen molar-refractivity contribution < 1.29 is 4.92 Å². The molecular weight excluding hydrogens is 166 g/mol. The Balaban J connectivity index is 5.21. The Morgan fingerprint density at radius 1 is 1.38 bits per heavy atom. The molecule has 3 nitrogen and oxygen atoms in total. The SMILES string of the molecule is C/C=C(\C(=C(C)C)C(C)C)[N+](=O)[O-]. The van der Waals surface area contributed by atoms with Gasteiger partial charge < -0.3 is 0 Å². The largest absolute Gasteiger partial charge is 0.268 e. The van der Waals surface area contributed by atoms with Gasteiger partial charge in [0.1, 0.15) is 0 Å². The summed E-state index contributed by atoms with van der Waals surface area (Å²) in [4.78, 5) is 10.4. The molecule has 0 aliphatic rings. The molecule has 0 aliphatic carbocycles. The predicted octanol–water partition coefficient (Wildman–Crippen LogP) is 3.16. The summed E-state index contributed by atoms with van der Waals surface area (Å²) in [6, 6.07) is 0. The van der Waals surface area contributed by atoms with Gasteiger partial charge in [-0.05, 0) is 32.8 Å². The van der Waals surface area contributed by atoms with Gasteiger partial charge in [-0.15, -0.1) is 0 Å². The second-order valence-electron chi connectivity index (χ2n) is 3.50. The van der Waals surface area contributed by atoms with Crippen molar-refractivity contribution in [1.82, 2.24) is 0 Å². The molecule has 0 saturated heterocycles. The molecule has 74 valence electrons. The van der Waals surface area contributed by atoms with E-state index in [2.05, 4.69) is 0 Å². The average Bonchev–Trinajstić information content (AvgIpc) is 1.97. The molecule has 0 fully saturated rings. The molecule has 0 aromatic carbocycles. The molecule has 0 unspecified atom stereocenters. The fraction of sp³-hybridized carbons (Fsp3) is 0.600. The highest BCUT2D eigenvalue weighted by Gasteiger charge is 2.19. The molecule has 0 radical (unpaired) electrons.